The van der Waals surface area contributed by atoms with Crippen molar-refractivity contribution in [2.45, 2.75) is 6.92 Å². The van der Waals surface area contributed by atoms with Crippen LogP contribution < -0.4 is 10.9 Å². The van der Waals surface area contributed by atoms with Crippen molar-refractivity contribution in [2.75, 3.05) is 5.32 Å². The molecule has 4 aromatic rings. The molecule has 0 saturated carbocycles. The predicted octanol–water partition coefficient (Wildman–Crippen LogP) is 4.93. The molecule has 0 spiro atoms. The molecule has 0 bridgehead atoms. The van der Waals surface area contributed by atoms with E-state index in [0.717, 1.165) is 10.8 Å². The van der Waals surface area contributed by atoms with Gasteiger partial charge in [-0.05, 0) is 42.6 Å². The van der Waals surface area contributed by atoms with Gasteiger partial charge in [0.1, 0.15) is 0 Å². The van der Waals surface area contributed by atoms with Gasteiger partial charge in [-0.2, -0.15) is 0 Å². The summed E-state index contributed by atoms with van der Waals surface area (Å²) in [6.45, 7) is 1.75. The van der Waals surface area contributed by atoms with E-state index in [0.29, 0.717) is 27.7 Å². The predicted molar refractivity (Wildman–Crippen MR) is 117 cm³/mol. The maximum Gasteiger partial charge on any atom is 0.345 e. The molecule has 0 unspecified atom stereocenters. The minimum Gasteiger partial charge on any atom is -0.305 e. The number of nitrogens with zero attached hydrogens (tertiary/aromatic N) is 2. The highest BCUT2D eigenvalue weighted by Gasteiger charge is 2.11. The van der Waals surface area contributed by atoms with Gasteiger partial charge in [0.25, 0.3) is 5.56 Å². The van der Waals surface area contributed by atoms with Gasteiger partial charge in [0, 0.05) is 22.3 Å². The number of nitrogens with one attached hydrogen (secondary N) is 2. The van der Waals surface area contributed by atoms with Crippen molar-refractivity contribution in [3.8, 4) is 5.69 Å². The fourth-order valence-corrected chi connectivity index (χ4v) is 3.21. The highest BCUT2D eigenvalue weighted by Crippen LogP contribution is 2.23. The van der Waals surface area contributed by atoms with Gasteiger partial charge in [-0.15, -0.1) is 0 Å². The molecule has 4 rings (SSSR count). The van der Waals surface area contributed by atoms with Crippen molar-refractivity contribution in [1.82, 2.24) is 9.78 Å². The molecule has 144 valence electrons. The Labute approximate surface area is 171 Å². The number of aryl methyl sites for hydroxylation is 1. The first kappa shape index (κ1) is 18.7. The third-order valence-electron chi connectivity index (χ3n) is 4.54. The summed E-state index contributed by atoms with van der Waals surface area (Å²) in [5, 5.41) is 8.27. The van der Waals surface area contributed by atoms with E-state index in [-0.39, 0.29) is 5.56 Å². The maximum atomic E-state index is 12.7. The van der Waals surface area contributed by atoms with Crippen LogP contribution in [0.15, 0.2) is 76.5 Å². The molecule has 3 aromatic carbocycles. The van der Waals surface area contributed by atoms with E-state index in [1.165, 1.54) is 10.9 Å². The SMILES string of the molecule is Cc1[nH]n(-c2ccc(Cl)cc2)c(=O)c1C=NC(=O)Nc1cccc2ccccc12. The number of hydrogen-bond donors (Lipinski definition) is 2. The van der Waals surface area contributed by atoms with Crippen molar-refractivity contribution in [2.24, 2.45) is 4.99 Å². The Hall–Kier alpha value is -3.64. The lowest BCUT2D eigenvalue weighted by molar-refractivity contribution is 0.259. The Bertz CT molecular complexity index is 1280. The lowest BCUT2D eigenvalue weighted by atomic mass is 10.1. The minimum atomic E-state index is -0.556. The molecule has 0 saturated heterocycles. The maximum absolute atomic E-state index is 12.7. The third-order valence-corrected chi connectivity index (χ3v) is 4.80. The molecule has 0 radical (unpaired) electrons. The lowest BCUT2D eigenvalue weighted by Gasteiger charge is -2.06. The van der Waals surface area contributed by atoms with Crippen LogP contribution in [0.1, 0.15) is 11.3 Å². The standard InChI is InChI=1S/C22H17ClN4O2/c1-14-19(21(28)27(26-14)17-11-9-16(23)10-12-17)13-24-22(29)25-20-8-4-6-15-5-2-3-7-18(15)20/h2-13,26H,1H3,(H,25,29). The number of amides is 2. The van der Waals surface area contributed by atoms with Crippen LogP contribution in [0, 0.1) is 6.92 Å². The molecule has 2 amide bonds. The second kappa shape index (κ2) is 7.77. The van der Waals surface area contributed by atoms with Crippen LogP contribution in [0.25, 0.3) is 16.5 Å². The fraction of sp³-hybridized carbons (Fsp3) is 0.0455. The zero-order chi connectivity index (χ0) is 20.4. The van der Waals surface area contributed by atoms with Crippen molar-refractivity contribution >= 4 is 40.3 Å². The summed E-state index contributed by atoms with van der Waals surface area (Å²) in [6, 6.07) is 19.7. The normalized spacial score (nSPS) is 11.2. The van der Waals surface area contributed by atoms with Crippen LogP contribution in [-0.4, -0.2) is 22.0 Å². The number of carbonyl (C=O) groups is 1. The zero-order valence-corrected chi connectivity index (χ0v) is 16.3. The average Bonchev–Trinajstić information content (AvgIpc) is 3.01. The molecule has 0 aliphatic carbocycles. The van der Waals surface area contributed by atoms with E-state index in [1.807, 2.05) is 42.5 Å². The van der Waals surface area contributed by atoms with Crippen LogP contribution in [-0.2, 0) is 0 Å². The Morgan fingerprint density at radius 1 is 1.07 bits per heavy atom. The highest BCUT2D eigenvalue weighted by atomic mass is 35.5. The van der Waals surface area contributed by atoms with Gasteiger partial charge in [-0.3, -0.25) is 9.89 Å². The number of rotatable bonds is 3. The second-order valence-electron chi connectivity index (χ2n) is 6.48. The number of aromatic amines is 1. The lowest BCUT2D eigenvalue weighted by Crippen LogP contribution is -2.17. The number of aromatic nitrogens is 2. The molecule has 0 aliphatic heterocycles. The molecule has 29 heavy (non-hydrogen) atoms. The van der Waals surface area contributed by atoms with Crippen LogP contribution in [0.3, 0.4) is 0 Å². The highest BCUT2D eigenvalue weighted by molar-refractivity contribution is 6.30. The van der Waals surface area contributed by atoms with Crippen LogP contribution in [0.5, 0.6) is 0 Å². The number of urea groups is 1. The molecule has 6 nitrogen and oxygen atoms in total. The van der Waals surface area contributed by atoms with Crippen LogP contribution in [0.2, 0.25) is 5.02 Å². The van der Waals surface area contributed by atoms with Crippen LogP contribution >= 0.6 is 11.6 Å². The topological polar surface area (TPSA) is 79.2 Å². The Morgan fingerprint density at radius 3 is 2.59 bits per heavy atom. The largest absolute Gasteiger partial charge is 0.345 e. The summed E-state index contributed by atoms with van der Waals surface area (Å²) in [6.07, 6.45) is 1.28. The quantitative estimate of drug-likeness (QED) is 0.475. The summed E-state index contributed by atoms with van der Waals surface area (Å²) in [4.78, 5) is 28.9. The molecular formula is C22H17ClN4O2. The van der Waals surface area contributed by atoms with Gasteiger partial charge in [-0.1, -0.05) is 48.0 Å². The van der Waals surface area contributed by atoms with Crippen molar-refractivity contribution in [3.05, 3.63) is 93.4 Å². The van der Waals surface area contributed by atoms with Gasteiger partial charge in [0.15, 0.2) is 0 Å². The monoisotopic (exact) mass is 404 g/mol. The number of fused-ring (bicyclic) bond motifs is 1. The Morgan fingerprint density at radius 2 is 1.79 bits per heavy atom. The van der Waals surface area contributed by atoms with Crippen molar-refractivity contribution in [1.29, 1.82) is 0 Å². The number of aliphatic imine (C=N–C) groups is 1. The molecule has 1 aromatic heterocycles. The minimum absolute atomic E-state index is 0.300. The van der Waals surface area contributed by atoms with E-state index in [1.54, 1.807) is 31.2 Å². The summed E-state index contributed by atoms with van der Waals surface area (Å²) in [5.41, 5.74) is 1.92. The molecule has 7 heteroatoms. The van der Waals surface area contributed by atoms with Gasteiger partial charge in [-0.25, -0.2) is 14.5 Å². The molecule has 1 heterocycles. The number of halogens is 1. The molecule has 2 N–H and O–H groups in total. The zero-order valence-electron chi connectivity index (χ0n) is 15.5. The first-order valence-corrected chi connectivity index (χ1v) is 9.31. The first-order chi connectivity index (χ1) is 14.0. The van der Waals surface area contributed by atoms with E-state index < -0.39 is 6.03 Å². The summed E-state index contributed by atoms with van der Waals surface area (Å²) < 4.78 is 1.38. The van der Waals surface area contributed by atoms with Gasteiger partial charge in [0.05, 0.1) is 16.9 Å². The van der Waals surface area contributed by atoms with Gasteiger partial charge >= 0.3 is 6.03 Å². The number of carbonyl (C=O) groups excluding carboxylic acids is 1. The molecule has 0 fully saturated rings. The van der Waals surface area contributed by atoms with Crippen LogP contribution in [0.4, 0.5) is 10.5 Å². The van der Waals surface area contributed by atoms with E-state index in [2.05, 4.69) is 15.4 Å². The molecule has 0 aliphatic rings. The second-order valence-corrected chi connectivity index (χ2v) is 6.92. The number of hydrogen-bond acceptors (Lipinski definition) is 2. The average molecular weight is 405 g/mol. The van der Waals surface area contributed by atoms with E-state index in [9.17, 15) is 9.59 Å². The van der Waals surface area contributed by atoms with E-state index >= 15 is 0 Å². The Balaban J connectivity index is 1.58. The van der Waals surface area contributed by atoms with Crippen molar-refractivity contribution < 1.29 is 4.79 Å². The Kier molecular flexibility index (Phi) is 5.01. The smallest absolute Gasteiger partial charge is 0.305 e. The van der Waals surface area contributed by atoms with Gasteiger partial charge in [0.2, 0.25) is 0 Å². The van der Waals surface area contributed by atoms with Gasteiger partial charge < -0.3 is 5.32 Å². The van der Waals surface area contributed by atoms with E-state index in [4.69, 9.17) is 11.6 Å². The number of anilines is 1. The molecular weight excluding hydrogens is 388 g/mol. The fourth-order valence-electron chi connectivity index (χ4n) is 3.09. The molecule has 0 atom stereocenters. The number of H-pyrrole nitrogens is 1. The number of benzene rings is 3. The summed E-state index contributed by atoms with van der Waals surface area (Å²) in [7, 11) is 0. The summed E-state index contributed by atoms with van der Waals surface area (Å²) in [5.74, 6) is 0. The van der Waals surface area contributed by atoms with Crippen molar-refractivity contribution in [3.63, 3.8) is 0 Å². The first-order valence-electron chi connectivity index (χ1n) is 8.93. The summed E-state index contributed by atoms with van der Waals surface area (Å²) >= 11 is 5.90. The third kappa shape index (κ3) is 3.83.